The summed E-state index contributed by atoms with van der Waals surface area (Å²) < 4.78 is 10.2. The summed E-state index contributed by atoms with van der Waals surface area (Å²) in [7, 11) is 1.53. The number of benzene rings is 2. The Morgan fingerprint density at radius 2 is 1.62 bits per heavy atom. The van der Waals surface area contributed by atoms with Gasteiger partial charge in [0.1, 0.15) is 5.75 Å². The lowest BCUT2D eigenvalue weighted by Crippen LogP contribution is -2.30. The lowest BCUT2D eigenvalue weighted by Gasteiger charge is -2.14. The smallest absolute Gasteiger partial charge is 0.338 e. The molecule has 0 saturated heterocycles. The standard InChI is InChI=1S/C17H15Cl2NO4/c1-10(16(21)20-14-8-12(18)7-13(19)9-14)24-17(22)11-3-5-15(23-2)6-4-11/h3-10H,1-2H3,(H,20,21)/t10-/m1/s1. The zero-order valence-corrected chi connectivity index (χ0v) is 14.5. The van der Waals surface area contributed by atoms with Crippen molar-refractivity contribution in [2.24, 2.45) is 0 Å². The molecular weight excluding hydrogens is 353 g/mol. The zero-order chi connectivity index (χ0) is 17.7. The largest absolute Gasteiger partial charge is 0.497 e. The summed E-state index contributed by atoms with van der Waals surface area (Å²) in [4.78, 5) is 24.1. The molecule has 7 heteroatoms. The minimum absolute atomic E-state index is 0.321. The Hall–Kier alpha value is -2.24. The lowest BCUT2D eigenvalue weighted by atomic mass is 10.2. The number of amides is 1. The van der Waals surface area contributed by atoms with Crippen molar-refractivity contribution in [1.29, 1.82) is 0 Å². The molecule has 0 aromatic heterocycles. The summed E-state index contributed by atoms with van der Waals surface area (Å²) in [5, 5.41) is 3.37. The van der Waals surface area contributed by atoms with Crippen molar-refractivity contribution in [2.75, 3.05) is 12.4 Å². The van der Waals surface area contributed by atoms with Crippen LogP contribution in [0.15, 0.2) is 42.5 Å². The third kappa shape index (κ3) is 4.88. The van der Waals surface area contributed by atoms with Crippen molar-refractivity contribution in [3.63, 3.8) is 0 Å². The first-order valence-corrected chi connectivity index (χ1v) is 7.76. The van der Waals surface area contributed by atoms with Crippen LogP contribution < -0.4 is 10.1 Å². The van der Waals surface area contributed by atoms with Gasteiger partial charge in [0.2, 0.25) is 0 Å². The van der Waals surface area contributed by atoms with E-state index >= 15 is 0 Å². The molecule has 1 amide bonds. The molecule has 0 fully saturated rings. The fourth-order valence-corrected chi connectivity index (χ4v) is 2.41. The Morgan fingerprint density at radius 1 is 1.04 bits per heavy atom. The van der Waals surface area contributed by atoms with E-state index in [9.17, 15) is 9.59 Å². The molecule has 2 rings (SSSR count). The maximum atomic E-state index is 12.1. The minimum atomic E-state index is -0.989. The summed E-state index contributed by atoms with van der Waals surface area (Å²) in [5.74, 6) is -0.477. The van der Waals surface area contributed by atoms with Crippen LogP contribution in [-0.4, -0.2) is 25.1 Å². The van der Waals surface area contributed by atoms with Crippen LogP contribution >= 0.6 is 23.2 Å². The number of nitrogens with one attached hydrogen (secondary N) is 1. The van der Waals surface area contributed by atoms with Crippen molar-refractivity contribution in [2.45, 2.75) is 13.0 Å². The Morgan fingerprint density at radius 3 is 2.17 bits per heavy atom. The van der Waals surface area contributed by atoms with E-state index < -0.39 is 18.0 Å². The average Bonchev–Trinajstić information content (AvgIpc) is 2.53. The molecule has 0 aliphatic carbocycles. The van der Waals surface area contributed by atoms with Gasteiger partial charge in [-0.05, 0) is 49.4 Å². The van der Waals surface area contributed by atoms with Crippen molar-refractivity contribution >= 4 is 40.8 Å². The van der Waals surface area contributed by atoms with Crippen molar-refractivity contribution in [1.82, 2.24) is 0 Å². The molecule has 0 aliphatic heterocycles. The molecule has 1 N–H and O–H groups in total. The Bertz CT molecular complexity index is 727. The van der Waals surface area contributed by atoms with E-state index in [0.717, 1.165) is 0 Å². The molecule has 0 aliphatic rings. The fraction of sp³-hybridized carbons (Fsp3) is 0.176. The summed E-state index contributed by atoms with van der Waals surface area (Å²) in [5.41, 5.74) is 0.742. The van der Waals surface area contributed by atoms with Gasteiger partial charge in [0.05, 0.1) is 12.7 Å². The number of esters is 1. The first-order chi connectivity index (χ1) is 11.4. The molecule has 0 unspecified atom stereocenters. The average molecular weight is 368 g/mol. The van der Waals surface area contributed by atoms with Crippen LogP contribution in [0, 0.1) is 0 Å². The molecule has 126 valence electrons. The predicted molar refractivity (Wildman–Crippen MR) is 93.0 cm³/mol. The van der Waals surface area contributed by atoms with E-state index in [2.05, 4.69) is 5.32 Å². The monoisotopic (exact) mass is 367 g/mol. The third-order valence-corrected chi connectivity index (χ3v) is 3.55. The number of carbonyl (C=O) groups is 2. The van der Waals surface area contributed by atoms with E-state index in [-0.39, 0.29) is 0 Å². The number of rotatable bonds is 5. The van der Waals surface area contributed by atoms with Crippen LogP contribution in [0.4, 0.5) is 5.69 Å². The summed E-state index contributed by atoms with van der Waals surface area (Å²) in [6.07, 6.45) is -0.989. The normalized spacial score (nSPS) is 11.5. The van der Waals surface area contributed by atoms with Gasteiger partial charge in [-0.1, -0.05) is 23.2 Å². The fourth-order valence-electron chi connectivity index (χ4n) is 1.88. The Balaban J connectivity index is 1.98. The van der Waals surface area contributed by atoms with Crippen LogP contribution in [0.5, 0.6) is 5.75 Å². The zero-order valence-electron chi connectivity index (χ0n) is 13.0. The molecule has 0 bridgehead atoms. The number of carbonyl (C=O) groups excluding carboxylic acids is 2. The van der Waals surface area contributed by atoms with Gasteiger partial charge in [0.25, 0.3) is 5.91 Å². The molecule has 2 aromatic carbocycles. The third-order valence-electron chi connectivity index (χ3n) is 3.11. The number of halogens is 2. The first-order valence-electron chi connectivity index (χ1n) is 7.01. The molecule has 2 aromatic rings. The minimum Gasteiger partial charge on any atom is -0.497 e. The van der Waals surface area contributed by atoms with Crippen molar-refractivity contribution < 1.29 is 19.1 Å². The second kappa shape index (κ2) is 8.04. The SMILES string of the molecule is COc1ccc(C(=O)O[C@H](C)C(=O)Nc2cc(Cl)cc(Cl)c2)cc1. The van der Waals surface area contributed by atoms with Crippen LogP contribution in [0.2, 0.25) is 10.0 Å². The lowest BCUT2D eigenvalue weighted by molar-refractivity contribution is -0.123. The van der Waals surface area contributed by atoms with Crippen LogP contribution in [0.25, 0.3) is 0 Å². The van der Waals surface area contributed by atoms with Crippen LogP contribution in [0.1, 0.15) is 17.3 Å². The molecule has 0 spiro atoms. The second-order valence-corrected chi connectivity index (χ2v) is 5.80. The van der Waals surface area contributed by atoms with Gasteiger partial charge in [0.15, 0.2) is 6.10 Å². The number of anilines is 1. The highest BCUT2D eigenvalue weighted by Crippen LogP contribution is 2.22. The molecule has 0 radical (unpaired) electrons. The molecule has 24 heavy (non-hydrogen) atoms. The Labute approximate surface area is 149 Å². The highest BCUT2D eigenvalue weighted by molar-refractivity contribution is 6.35. The van der Waals surface area contributed by atoms with E-state index in [1.165, 1.54) is 14.0 Å². The number of hydrogen-bond donors (Lipinski definition) is 1. The van der Waals surface area contributed by atoms with Gasteiger partial charge in [0, 0.05) is 15.7 Å². The number of hydrogen-bond acceptors (Lipinski definition) is 4. The maximum Gasteiger partial charge on any atom is 0.338 e. The molecule has 1 atom stereocenters. The van der Waals surface area contributed by atoms with Gasteiger partial charge >= 0.3 is 5.97 Å². The highest BCUT2D eigenvalue weighted by Gasteiger charge is 2.19. The molecule has 5 nitrogen and oxygen atoms in total. The molecular formula is C17H15Cl2NO4. The molecule has 0 saturated carbocycles. The van der Waals surface area contributed by atoms with Gasteiger partial charge in [-0.3, -0.25) is 4.79 Å². The van der Waals surface area contributed by atoms with Crippen LogP contribution in [-0.2, 0) is 9.53 Å². The van der Waals surface area contributed by atoms with Gasteiger partial charge in [-0.2, -0.15) is 0 Å². The quantitative estimate of drug-likeness (QED) is 0.804. The van der Waals surface area contributed by atoms with E-state index in [1.54, 1.807) is 42.5 Å². The van der Waals surface area contributed by atoms with E-state index in [4.69, 9.17) is 32.7 Å². The first kappa shape index (κ1) is 18.1. The van der Waals surface area contributed by atoms with Gasteiger partial charge in [-0.15, -0.1) is 0 Å². The van der Waals surface area contributed by atoms with Crippen molar-refractivity contribution in [3.8, 4) is 5.75 Å². The highest BCUT2D eigenvalue weighted by atomic mass is 35.5. The summed E-state index contributed by atoms with van der Waals surface area (Å²) in [6.45, 7) is 1.48. The van der Waals surface area contributed by atoms with E-state index in [1.807, 2.05) is 0 Å². The topological polar surface area (TPSA) is 64.6 Å². The predicted octanol–water partition coefficient (Wildman–Crippen LogP) is 4.19. The van der Waals surface area contributed by atoms with Crippen molar-refractivity contribution in [3.05, 3.63) is 58.1 Å². The number of methoxy groups -OCH3 is 1. The van der Waals surface area contributed by atoms with Gasteiger partial charge < -0.3 is 14.8 Å². The molecule has 0 heterocycles. The van der Waals surface area contributed by atoms with Crippen LogP contribution in [0.3, 0.4) is 0 Å². The second-order valence-electron chi connectivity index (χ2n) is 4.92. The maximum absolute atomic E-state index is 12.1. The van der Waals surface area contributed by atoms with E-state index in [0.29, 0.717) is 27.0 Å². The summed E-state index contributed by atoms with van der Waals surface area (Å²) in [6, 6.07) is 11.0. The van der Waals surface area contributed by atoms with Gasteiger partial charge in [-0.25, -0.2) is 4.79 Å². The number of ether oxygens (including phenoxy) is 2. The summed E-state index contributed by atoms with van der Waals surface area (Å²) >= 11 is 11.7. The Kier molecular flexibility index (Phi) is 6.06.